The third kappa shape index (κ3) is 4.06. The van der Waals surface area contributed by atoms with Gasteiger partial charge in [0.1, 0.15) is 0 Å². The number of halogens is 1. The van der Waals surface area contributed by atoms with Crippen LogP contribution in [0.25, 0.3) is 33.1 Å². The van der Waals surface area contributed by atoms with Crippen molar-refractivity contribution in [2.75, 3.05) is 0 Å². The highest BCUT2D eigenvalue weighted by Gasteiger charge is 2.15. The fourth-order valence-electron chi connectivity index (χ4n) is 4.19. The molecule has 2 heterocycles. The summed E-state index contributed by atoms with van der Waals surface area (Å²) >= 11 is 6.05. The summed E-state index contributed by atoms with van der Waals surface area (Å²) in [5, 5.41) is 6.80. The van der Waals surface area contributed by atoms with E-state index in [1.807, 2.05) is 68.4 Å². The zero-order chi connectivity index (χ0) is 23.8. The smallest absolute Gasteiger partial charge is 0.272 e. The van der Waals surface area contributed by atoms with Gasteiger partial charge in [0.15, 0.2) is 0 Å². The molecule has 0 bridgehead atoms. The molecule has 0 aliphatic rings. The lowest BCUT2D eigenvalue weighted by molar-refractivity contribution is 0.0956. The molecule has 0 fully saturated rings. The Labute approximate surface area is 202 Å². The van der Waals surface area contributed by atoms with Gasteiger partial charge >= 0.3 is 0 Å². The Morgan fingerprint density at radius 2 is 1.79 bits per heavy atom. The van der Waals surface area contributed by atoms with Crippen LogP contribution in [0.2, 0.25) is 5.02 Å². The number of nitrogens with one attached hydrogen (secondary N) is 2. The second-order valence-electron chi connectivity index (χ2n) is 8.44. The molecule has 168 valence electrons. The number of benzene rings is 3. The Morgan fingerprint density at radius 3 is 2.59 bits per heavy atom. The molecule has 0 atom stereocenters. The van der Waals surface area contributed by atoms with Gasteiger partial charge in [-0.05, 0) is 56.7 Å². The summed E-state index contributed by atoms with van der Waals surface area (Å²) in [5.41, 5.74) is 10.8. The summed E-state index contributed by atoms with van der Waals surface area (Å²) in [6.07, 6.45) is 1.69. The van der Waals surface area contributed by atoms with E-state index in [0.717, 1.165) is 49.8 Å². The molecule has 34 heavy (non-hydrogen) atoms. The SMILES string of the molecule is Cc1ccc2nc(-c3ccc(Cl)cc3)cc(C(=O)N/N=C/c3c(C)[nH]c4c(C)cccc34)c2c1. The van der Waals surface area contributed by atoms with Gasteiger partial charge in [-0.1, -0.05) is 53.6 Å². The van der Waals surface area contributed by atoms with Crippen LogP contribution < -0.4 is 5.43 Å². The van der Waals surface area contributed by atoms with E-state index in [1.54, 1.807) is 12.3 Å². The first-order valence-corrected chi connectivity index (χ1v) is 11.4. The van der Waals surface area contributed by atoms with E-state index >= 15 is 0 Å². The summed E-state index contributed by atoms with van der Waals surface area (Å²) in [5.74, 6) is -0.293. The van der Waals surface area contributed by atoms with E-state index in [9.17, 15) is 4.79 Å². The minimum atomic E-state index is -0.293. The highest BCUT2D eigenvalue weighted by atomic mass is 35.5. The number of carbonyl (C=O) groups excluding carboxylic acids is 1. The molecule has 5 nitrogen and oxygen atoms in total. The molecule has 0 saturated heterocycles. The van der Waals surface area contributed by atoms with Crippen molar-refractivity contribution >= 4 is 45.5 Å². The van der Waals surface area contributed by atoms with E-state index in [2.05, 4.69) is 28.5 Å². The number of hydrogen-bond donors (Lipinski definition) is 2. The van der Waals surface area contributed by atoms with Crippen molar-refractivity contribution in [1.82, 2.24) is 15.4 Å². The van der Waals surface area contributed by atoms with Gasteiger partial charge in [-0.3, -0.25) is 4.79 Å². The Kier molecular flexibility index (Phi) is 5.64. The molecule has 6 heteroatoms. The van der Waals surface area contributed by atoms with Crippen LogP contribution in [0.1, 0.15) is 32.7 Å². The molecule has 2 aromatic heterocycles. The number of hydrazone groups is 1. The average Bonchev–Trinajstić information content (AvgIpc) is 3.15. The summed E-state index contributed by atoms with van der Waals surface area (Å²) in [6.45, 7) is 6.06. The molecular weight excluding hydrogens is 444 g/mol. The lowest BCUT2D eigenvalue weighted by Crippen LogP contribution is -2.18. The number of aryl methyl sites for hydroxylation is 3. The number of aromatic nitrogens is 2. The Bertz CT molecular complexity index is 1580. The van der Waals surface area contributed by atoms with Crippen molar-refractivity contribution in [3.63, 3.8) is 0 Å². The molecule has 2 N–H and O–H groups in total. The maximum absolute atomic E-state index is 13.3. The molecule has 0 aliphatic carbocycles. The van der Waals surface area contributed by atoms with Crippen molar-refractivity contribution in [3.05, 3.63) is 99.7 Å². The second-order valence-corrected chi connectivity index (χ2v) is 8.88. The van der Waals surface area contributed by atoms with Gasteiger partial charge in [-0.25, -0.2) is 10.4 Å². The number of hydrogen-bond acceptors (Lipinski definition) is 3. The standard InChI is InChI=1S/C28H23ClN4O/c1-16-7-12-25-22(13-16)23(14-26(32-25)19-8-10-20(29)11-9-19)28(34)33-30-15-24-18(3)31-27-17(2)5-4-6-21(24)27/h4-15,31H,1-3H3,(H,33,34)/b30-15+. The second kappa shape index (κ2) is 8.76. The first-order valence-electron chi connectivity index (χ1n) is 11.0. The molecule has 0 spiro atoms. The minimum Gasteiger partial charge on any atom is -0.358 e. The number of pyridine rings is 1. The molecule has 0 aliphatic heterocycles. The summed E-state index contributed by atoms with van der Waals surface area (Å²) < 4.78 is 0. The molecule has 1 amide bonds. The Balaban J connectivity index is 1.51. The van der Waals surface area contributed by atoms with Gasteiger partial charge < -0.3 is 4.98 Å². The summed E-state index contributed by atoms with van der Waals surface area (Å²) in [6, 6.07) is 21.2. The van der Waals surface area contributed by atoms with Gasteiger partial charge in [0, 0.05) is 38.1 Å². The van der Waals surface area contributed by atoms with Crippen LogP contribution in [-0.2, 0) is 0 Å². The average molecular weight is 467 g/mol. The van der Waals surface area contributed by atoms with E-state index < -0.39 is 0 Å². The summed E-state index contributed by atoms with van der Waals surface area (Å²) in [7, 11) is 0. The Hall–Kier alpha value is -3.96. The third-order valence-corrected chi connectivity index (χ3v) is 6.24. The number of amides is 1. The van der Waals surface area contributed by atoms with E-state index in [0.29, 0.717) is 16.3 Å². The van der Waals surface area contributed by atoms with Crippen LogP contribution in [0.3, 0.4) is 0 Å². The highest BCUT2D eigenvalue weighted by molar-refractivity contribution is 6.30. The van der Waals surface area contributed by atoms with E-state index in [1.165, 1.54) is 0 Å². The number of H-pyrrole nitrogens is 1. The van der Waals surface area contributed by atoms with Gasteiger partial charge in [0.2, 0.25) is 0 Å². The van der Waals surface area contributed by atoms with Crippen LogP contribution in [0.4, 0.5) is 0 Å². The first kappa shape index (κ1) is 21.9. The number of fused-ring (bicyclic) bond motifs is 2. The predicted molar refractivity (Wildman–Crippen MR) is 140 cm³/mol. The van der Waals surface area contributed by atoms with Gasteiger partial charge in [0.05, 0.1) is 23.0 Å². The van der Waals surface area contributed by atoms with Crippen LogP contribution in [0.5, 0.6) is 0 Å². The van der Waals surface area contributed by atoms with E-state index in [-0.39, 0.29) is 5.91 Å². The number of nitrogens with zero attached hydrogens (tertiary/aromatic N) is 2. The number of para-hydroxylation sites is 1. The van der Waals surface area contributed by atoms with E-state index in [4.69, 9.17) is 16.6 Å². The predicted octanol–water partition coefficient (Wildman–Crippen LogP) is 6.73. The van der Waals surface area contributed by atoms with Crippen molar-refractivity contribution in [3.8, 4) is 11.3 Å². The monoisotopic (exact) mass is 466 g/mol. The minimum absolute atomic E-state index is 0.293. The molecule has 5 rings (SSSR count). The summed E-state index contributed by atoms with van der Waals surface area (Å²) in [4.78, 5) is 21.4. The molecule has 0 radical (unpaired) electrons. The zero-order valence-electron chi connectivity index (χ0n) is 19.1. The fourth-order valence-corrected chi connectivity index (χ4v) is 4.32. The highest BCUT2D eigenvalue weighted by Crippen LogP contribution is 2.27. The molecule has 3 aromatic carbocycles. The van der Waals surface area contributed by atoms with Crippen molar-refractivity contribution in [2.24, 2.45) is 5.10 Å². The molecule has 0 saturated carbocycles. The first-order chi connectivity index (χ1) is 16.4. The Morgan fingerprint density at radius 1 is 1.00 bits per heavy atom. The van der Waals surface area contributed by atoms with Crippen molar-refractivity contribution in [1.29, 1.82) is 0 Å². The van der Waals surface area contributed by atoms with Crippen molar-refractivity contribution < 1.29 is 4.79 Å². The van der Waals surface area contributed by atoms with Crippen LogP contribution in [0, 0.1) is 20.8 Å². The number of carbonyl (C=O) groups is 1. The maximum Gasteiger partial charge on any atom is 0.272 e. The molecular formula is C28H23ClN4O. The fraction of sp³-hybridized carbons (Fsp3) is 0.107. The normalized spacial score (nSPS) is 11.5. The van der Waals surface area contributed by atoms with Crippen LogP contribution >= 0.6 is 11.6 Å². The molecule has 5 aromatic rings. The van der Waals surface area contributed by atoms with Crippen molar-refractivity contribution in [2.45, 2.75) is 20.8 Å². The van der Waals surface area contributed by atoms with Gasteiger partial charge in [-0.15, -0.1) is 0 Å². The number of aromatic amines is 1. The lowest BCUT2D eigenvalue weighted by Gasteiger charge is -2.10. The lowest BCUT2D eigenvalue weighted by atomic mass is 10.0. The topological polar surface area (TPSA) is 70.1 Å². The zero-order valence-corrected chi connectivity index (χ0v) is 19.9. The third-order valence-electron chi connectivity index (χ3n) is 5.99. The number of rotatable bonds is 4. The molecule has 0 unspecified atom stereocenters. The maximum atomic E-state index is 13.3. The quantitative estimate of drug-likeness (QED) is 0.228. The largest absolute Gasteiger partial charge is 0.358 e. The van der Waals surface area contributed by atoms with Gasteiger partial charge in [0.25, 0.3) is 5.91 Å². The van der Waals surface area contributed by atoms with Crippen LogP contribution in [-0.4, -0.2) is 22.1 Å². The van der Waals surface area contributed by atoms with Gasteiger partial charge in [-0.2, -0.15) is 5.10 Å². The van der Waals surface area contributed by atoms with Crippen LogP contribution in [0.15, 0.2) is 71.8 Å².